The van der Waals surface area contributed by atoms with E-state index in [1.54, 1.807) is 0 Å². The van der Waals surface area contributed by atoms with Crippen LogP contribution in [-0.4, -0.2) is 7.98 Å². The fourth-order valence-corrected chi connectivity index (χ4v) is 1.10. The second kappa shape index (κ2) is 3.58. The lowest BCUT2D eigenvalue weighted by molar-refractivity contribution is 0.947. The minimum atomic E-state index is 0.744. The molecule has 0 aliphatic carbocycles. The molecule has 0 aromatic heterocycles. The molecule has 1 nitrogen and oxygen atoms in total. The minimum Gasteiger partial charge on any atom is -0.363 e. The largest absolute Gasteiger partial charge is 0.363 e. The Morgan fingerprint density at radius 3 is 2.73 bits per heavy atom. The Hall–Kier alpha value is -0.755. The van der Waals surface area contributed by atoms with Gasteiger partial charge in [0.25, 0.3) is 0 Å². The van der Waals surface area contributed by atoms with Crippen molar-refractivity contribution in [2.75, 3.05) is 0 Å². The van der Waals surface area contributed by atoms with E-state index in [9.17, 15) is 0 Å². The summed E-state index contributed by atoms with van der Waals surface area (Å²) in [6, 6.07) is 6.37. The van der Waals surface area contributed by atoms with Gasteiger partial charge >= 0.3 is 0 Å². The Labute approximate surface area is 69.3 Å². The molecule has 56 valence electrons. The molecule has 11 heavy (non-hydrogen) atoms. The van der Waals surface area contributed by atoms with Crippen LogP contribution < -0.4 is 5.23 Å². The second-order valence-electron chi connectivity index (χ2n) is 2.81. The van der Waals surface area contributed by atoms with Gasteiger partial charge in [0.15, 0.2) is 7.98 Å². The first-order chi connectivity index (χ1) is 5.24. The van der Waals surface area contributed by atoms with Gasteiger partial charge < -0.3 is 5.23 Å². The molecule has 1 aromatic carbocycles. The van der Waals surface area contributed by atoms with Crippen molar-refractivity contribution >= 4 is 7.98 Å². The molecule has 0 heterocycles. The Balaban J connectivity index is 2.93. The predicted octanol–water partition coefficient (Wildman–Crippen LogP) is 1.48. The van der Waals surface area contributed by atoms with Gasteiger partial charge in [0.05, 0.1) is 0 Å². The van der Waals surface area contributed by atoms with Crippen LogP contribution in [0.5, 0.6) is 0 Å². The summed E-state index contributed by atoms with van der Waals surface area (Å²) in [6.45, 7) is 4.92. The van der Waals surface area contributed by atoms with E-state index in [0.717, 1.165) is 6.54 Å². The Morgan fingerprint density at radius 1 is 1.36 bits per heavy atom. The predicted molar refractivity (Wildman–Crippen MR) is 48.5 cm³/mol. The number of rotatable bonds is 2. The normalized spacial score (nSPS) is 10.0. The Kier molecular flexibility index (Phi) is 2.72. The molecule has 1 rings (SSSR count). The molecule has 0 fully saturated rings. The number of benzene rings is 1. The molecule has 1 aromatic rings. The summed E-state index contributed by atoms with van der Waals surface area (Å²) in [5, 5.41) is 2.65. The van der Waals surface area contributed by atoms with E-state index in [2.05, 4.69) is 37.3 Å². The van der Waals surface area contributed by atoms with Crippen LogP contribution >= 0.6 is 0 Å². The molecular weight excluding hydrogens is 133 g/mol. The quantitative estimate of drug-likeness (QED) is 0.621. The summed E-state index contributed by atoms with van der Waals surface area (Å²) in [4.78, 5) is 0. The zero-order valence-electron chi connectivity index (χ0n) is 7.02. The summed E-state index contributed by atoms with van der Waals surface area (Å²) in [5.41, 5.74) is 3.84. The van der Waals surface area contributed by atoms with Crippen molar-refractivity contribution in [3.8, 4) is 0 Å². The number of hydrogen-bond acceptors (Lipinski definition) is 1. The summed E-state index contributed by atoms with van der Waals surface area (Å²) in [5.74, 6) is 0. The topological polar surface area (TPSA) is 12.0 Å². The zero-order chi connectivity index (χ0) is 8.27. The first-order valence-corrected chi connectivity index (χ1v) is 3.73. The lowest BCUT2D eigenvalue weighted by Crippen LogP contribution is -2.08. The third kappa shape index (κ3) is 2.09. The highest BCUT2D eigenvalue weighted by Crippen LogP contribution is 2.09. The Morgan fingerprint density at radius 2 is 2.09 bits per heavy atom. The zero-order valence-corrected chi connectivity index (χ0v) is 7.02. The fraction of sp³-hybridized carbons (Fsp3) is 0.333. The third-order valence-corrected chi connectivity index (χ3v) is 1.80. The number of aryl methyl sites for hydroxylation is 2. The molecular formula is C9H12BN. The maximum Gasteiger partial charge on any atom is 0.178 e. The van der Waals surface area contributed by atoms with Crippen LogP contribution in [0.15, 0.2) is 18.2 Å². The van der Waals surface area contributed by atoms with E-state index in [4.69, 9.17) is 7.98 Å². The van der Waals surface area contributed by atoms with Crippen LogP contribution in [0.2, 0.25) is 0 Å². The second-order valence-corrected chi connectivity index (χ2v) is 2.81. The first-order valence-electron chi connectivity index (χ1n) is 3.73. The minimum absolute atomic E-state index is 0.744. The van der Waals surface area contributed by atoms with Crippen LogP contribution in [0, 0.1) is 13.8 Å². The first kappa shape index (κ1) is 8.34. The van der Waals surface area contributed by atoms with Crippen LogP contribution in [0.25, 0.3) is 0 Å². The van der Waals surface area contributed by atoms with E-state index in [1.807, 2.05) is 0 Å². The van der Waals surface area contributed by atoms with Crippen LogP contribution in [0.1, 0.15) is 16.7 Å². The van der Waals surface area contributed by atoms with Crippen molar-refractivity contribution in [1.82, 2.24) is 5.23 Å². The van der Waals surface area contributed by atoms with Crippen molar-refractivity contribution in [2.24, 2.45) is 0 Å². The van der Waals surface area contributed by atoms with Gasteiger partial charge in [0, 0.05) is 6.54 Å². The van der Waals surface area contributed by atoms with Crippen LogP contribution in [-0.2, 0) is 6.54 Å². The van der Waals surface area contributed by atoms with Crippen molar-refractivity contribution in [1.29, 1.82) is 0 Å². The van der Waals surface area contributed by atoms with E-state index in [0.29, 0.717) is 0 Å². The fourth-order valence-electron chi connectivity index (χ4n) is 1.10. The van der Waals surface area contributed by atoms with E-state index >= 15 is 0 Å². The summed E-state index contributed by atoms with van der Waals surface area (Å²) in [7, 11) is 5.23. The highest BCUT2D eigenvalue weighted by Gasteiger charge is 1.95. The molecule has 2 heteroatoms. The maximum absolute atomic E-state index is 5.23. The smallest absolute Gasteiger partial charge is 0.178 e. The Bertz CT molecular complexity index is 245. The highest BCUT2D eigenvalue weighted by molar-refractivity contribution is 6.04. The van der Waals surface area contributed by atoms with E-state index < -0.39 is 0 Å². The molecule has 0 saturated carbocycles. The molecule has 0 aliphatic heterocycles. The van der Waals surface area contributed by atoms with Gasteiger partial charge in [0.2, 0.25) is 0 Å². The number of nitrogens with one attached hydrogen (secondary N) is 1. The molecule has 0 bridgehead atoms. The van der Waals surface area contributed by atoms with Gasteiger partial charge in [-0.2, -0.15) is 0 Å². The average Bonchev–Trinajstić information content (AvgIpc) is 1.98. The third-order valence-electron chi connectivity index (χ3n) is 1.80. The maximum atomic E-state index is 5.23. The van der Waals surface area contributed by atoms with E-state index in [-0.39, 0.29) is 0 Å². The molecule has 1 N–H and O–H groups in total. The van der Waals surface area contributed by atoms with Gasteiger partial charge in [-0.3, -0.25) is 0 Å². The highest BCUT2D eigenvalue weighted by atomic mass is 14.7. The van der Waals surface area contributed by atoms with Gasteiger partial charge in [0.1, 0.15) is 0 Å². The van der Waals surface area contributed by atoms with Gasteiger partial charge in [-0.25, -0.2) is 0 Å². The standard InChI is InChI=1S/C9H12BN/c1-7-3-4-8(2)9(5-7)6-11-10/h3-5,11H,6H2,1-2H3. The van der Waals surface area contributed by atoms with E-state index in [1.165, 1.54) is 16.7 Å². The lowest BCUT2D eigenvalue weighted by atomic mass is 10.1. The molecule has 0 aliphatic rings. The molecule has 0 atom stereocenters. The van der Waals surface area contributed by atoms with Gasteiger partial charge in [-0.05, 0) is 25.0 Å². The summed E-state index contributed by atoms with van der Waals surface area (Å²) >= 11 is 0. The van der Waals surface area contributed by atoms with Crippen molar-refractivity contribution in [3.63, 3.8) is 0 Å². The van der Waals surface area contributed by atoms with Crippen LogP contribution in [0.3, 0.4) is 0 Å². The van der Waals surface area contributed by atoms with Gasteiger partial charge in [-0.15, -0.1) is 0 Å². The molecule has 0 saturated heterocycles. The summed E-state index contributed by atoms with van der Waals surface area (Å²) in [6.07, 6.45) is 0. The van der Waals surface area contributed by atoms with Gasteiger partial charge in [-0.1, -0.05) is 23.8 Å². The van der Waals surface area contributed by atoms with Crippen molar-refractivity contribution in [3.05, 3.63) is 34.9 Å². The number of hydrogen-bond donors (Lipinski definition) is 1. The lowest BCUT2D eigenvalue weighted by Gasteiger charge is -2.05. The molecule has 0 spiro atoms. The van der Waals surface area contributed by atoms with Crippen molar-refractivity contribution < 1.29 is 0 Å². The summed E-state index contributed by atoms with van der Waals surface area (Å²) < 4.78 is 0. The average molecular weight is 145 g/mol. The molecule has 0 amide bonds. The SMILES string of the molecule is [B]NCc1cc(C)ccc1C. The molecule has 2 radical (unpaired) electrons. The van der Waals surface area contributed by atoms with Crippen LogP contribution in [0.4, 0.5) is 0 Å². The molecule has 0 unspecified atom stereocenters. The monoisotopic (exact) mass is 145 g/mol. The van der Waals surface area contributed by atoms with Crippen molar-refractivity contribution in [2.45, 2.75) is 20.4 Å².